The molecule has 2 aromatic carbocycles. The third-order valence-electron chi connectivity index (χ3n) is 4.83. The van der Waals surface area contributed by atoms with E-state index in [1.165, 1.54) is 30.7 Å². The van der Waals surface area contributed by atoms with E-state index in [-0.39, 0.29) is 30.2 Å². The van der Waals surface area contributed by atoms with E-state index in [4.69, 9.17) is 38.4 Å². The van der Waals surface area contributed by atoms with Crippen molar-refractivity contribution >= 4 is 46.8 Å². The average molecular weight is 536 g/mol. The van der Waals surface area contributed by atoms with Crippen LogP contribution in [0.5, 0.6) is 17.2 Å². The van der Waals surface area contributed by atoms with Crippen molar-refractivity contribution in [1.82, 2.24) is 15.3 Å². The lowest BCUT2D eigenvalue weighted by Crippen LogP contribution is -2.45. The van der Waals surface area contributed by atoms with Gasteiger partial charge in [0.2, 0.25) is 5.91 Å². The van der Waals surface area contributed by atoms with Crippen LogP contribution in [-0.2, 0) is 16.0 Å². The molecule has 6 N–H and O–H groups in total. The number of benzene rings is 2. The summed E-state index contributed by atoms with van der Waals surface area (Å²) in [6, 6.07) is 7.30. The molecule has 3 rings (SSSR count). The van der Waals surface area contributed by atoms with Gasteiger partial charge in [0.15, 0.2) is 5.75 Å². The van der Waals surface area contributed by atoms with Crippen LogP contribution < -0.4 is 25.8 Å². The highest BCUT2D eigenvalue weighted by molar-refractivity contribution is 6.34. The second kappa shape index (κ2) is 12.1. The zero-order valence-corrected chi connectivity index (χ0v) is 20.5. The number of halogens is 2. The number of aromatic nitrogens is 2. The van der Waals surface area contributed by atoms with E-state index in [9.17, 15) is 19.5 Å². The third kappa shape index (κ3) is 7.52. The zero-order chi connectivity index (χ0) is 26.2. The highest BCUT2D eigenvalue weighted by atomic mass is 35.5. The summed E-state index contributed by atoms with van der Waals surface area (Å²) in [5.74, 6) is -1.80. The van der Waals surface area contributed by atoms with Crippen molar-refractivity contribution in [2.24, 2.45) is 11.7 Å². The van der Waals surface area contributed by atoms with Crippen molar-refractivity contribution < 1.29 is 29.0 Å². The first-order valence-electron chi connectivity index (χ1n) is 10.6. The fourth-order valence-corrected chi connectivity index (χ4v) is 3.60. The van der Waals surface area contributed by atoms with Gasteiger partial charge in [-0.05, 0) is 30.3 Å². The Morgan fingerprint density at radius 1 is 1.17 bits per heavy atom. The molecule has 2 atom stereocenters. The maximum absolute atomic E-state index is 12.6. The predicted octanol–water partition coefficient (Wildman–Crippen LogP) is 3.83. The van der Waals surface area contributed by atoms with Crippen LogP contribution in [0.25, 0.3) is 0 Å². The first-order chi connectivity index (χ1) is 17.1. The number of hydrogen-bond acceptors (Lipinski definition) is 6. The lowest BCUT2D eigenvalue weighted by Gasteiger charge is -2.20. The summed E-state index contributed by atoms with van der Waals surface area (Å²) in [7, 11) is 0. The minimum atomic E-state index is -1.19. The number of imidazole rings is 1. The molecule has 1 heterocycles. The van der Waals surface area contributed by atoms with Gasteiger partial charge in [0.05, 0.1) is 18.9 Å². The molecule has 36 heavy (non-hydrogen) atoms. The molecule has 0 aliphatic rings. The number of nitrogens with one attached hydrogen (secondary N) is 3. The highest BCUT2D eigenvalue weighted by Crippen LogP contribution is 2.38. The van der Waals surface area contributed by atoms with E-state index < -0.39 is 29.9 Å². The van der Waals surface area contributed by atoms with Crippen LogP contribution >= 0.6 is 23.2 Å². The standard InChI is InChI=1S/C23H23Cl2N5O6/c1-12(21(31)29-17(22(32)33)8-15-9-27-11-28-15)10-35-18-3-2-4-19(20(18)30-23(26)34)36-16-6-13(24)5-14(25)7-16/h2-7,9,11-12,17H,8,10H2,1H3,(H,27,28)(H,29,31)(H,32,33)(H3,26,30,34)/t12?,17-/m0/s1. The first-order valence-corrected chi connectivity index (χ1v) is 11.3. The predicted molar refractivity (Wildman–Crippen MR) is 133 cm³/mol. The molecule has 3 aromatic rings. The summed E-state index contributed by atoms with van der Waals surface area (Å²) in [5, 5.41) is 15.1. The number of amides is 3. The number of hydrogen-bond donors (Lipinski definition) is 5. The molecule has 0 radical (unpaired) electrons. The number of anilines is 1. The van der Waals surface area contributed by atoms with Crippen molar-refractivity contribution in [3.8, 4) is 17.2 Å². The second-order valence-electron chi connectivity index (χ2n) is 7.72. The largest absolute Gasteiger partial charge is 0.490 e. The van der Waals surface area contributed by atoms with Crippen molar-refractivity contribution in [2.45, 2.75) is 19.4 Å². The molecule has 13 heteroatoms. The molecule has 1 aromatic heterocycles. The molecular formula is C23H23Cl2N5O6. The van der Waals surface area contributed by atoms with Crippen molar-refractivity contribution in [2.75, 3.05) is 11.9 Å². The van der Waals surface area contributed by atoms with Gasteiger partial charge in [0.25, 0.3) is 0 Å². The Balaban J connectivity index is 1.71. The second-order valence-corrected chi connectivity index (χ2v) is 8.59. The van der Waals surface area contributed by atoms with Crippen LogP contribution in [0, 0.1) is 5.92 Å². The van der Waals surface area contributed by atoms with Gasteiger partial charge in [-0.1, -0.05) is 36.2 Å². The summed E-state index contributed by atoms with van der Waals surface area (Å²) in [6.45, 7) is 1.43. The third-order valence-corrected chi connectivity index (χ3v) is 5.27. The summed E-state index contributed by atoms with van der Waals surface area (Å²) in [4.78, 5) is 42.5. The zero-order valence-electron chi connectivity index (χ0n) is 19.0. The van der Waals surface area contributed by atoms with E-state index in [0.29, 0.717) is 21.5 Å². The Morgan fingerprint density at radius 3 is 2.47 bits per heavy atom. The van der Waals surface area contributed by atoms with Gasteiger partial charge in [0, 0.05) is 28.4 Å². The molecule has 0 fully saturated rings. The lowest BCUT2D eigenvalue weighted by molar-refractivity contribution is -0.142. The molecule has 11 nitrogen and oxygen atoms in total. The smallest absolute Gasteiger partial charge is 0.326 e. The molecule has 0 spiro atoms. The Kier molecular flexibility index (Phi) is 8.98. The molecule has 3 amide bonds. The number of carboxylic acids is 1. The molecule has 0 saturated carbocycles. The molecule has 0 aliphatic heterocycles. The van der Waals surface area contributed by atoms with Gasteiger partial charge in [-0.25, -0.2) is 14.6 Å². The number of primary amides is 1. The van der Waals surface area contributed by atoms with E-state index >= 15 is 0 Å². The van der Waals surface area contributed by atoms with Gasteiger partial charge in [-0.3, -0.25) is 4.79 Å². The maximum Gasteiger partial charge on any atom is 0.326 e. The summed E-state index contributed by atoms with van der Waals surface area (Å²) < 4.78 is 11.6. The number of ether oxygens (including phenoxy) is 2. The average Bonchev–Trinajstić information content (AvgIpc) is 3.30. The minimum absolute atomic E-state index is 0.0359. The molecule has 1 unspecified atom stereocenters. The van der Waals surface area contributed by atoms with Gasteiger partial charge < -0.3 is 35.9 Å². The van der Waals surface area contributed by atoms with E-state index in [2.05, 4.69) is 20.6 Å². The number of aromatic amines is 1. The Labute approximate surface area is 215 Å². The SMILES string of the molecule is CC(COc1cccc(Oc2cc(Cl)cc(Cl)c2)c1NC(N)=O)C(=O)N[C@@H](Cc1cnc[nH]1)C(=O)O. The summed E-state index contributed by atoms with van der Waals surface area (Å²) in [5.41, 5.74) is 6.00. The normalized spacial score (nSPS) is 12.3. The molecule has 0 aliphatic carbocycles. The number of aliphatic carboxylic acids is 1. The quantitative estimate of drug-likeness (QED) is 0.248. The minimum Gasteiger partial charge on any atom is -0.490 e. The Hall–Kier alpha value is -3.96. The fourth-order valence-electron chi connectivity index (χ4n) is 3.10. The van der Waals surface area contributed by atoms with Crippen molar-refractivity contribution in [3.05, 3.63) is 64.7 Å². The lowest BCUT2D eigenvalue weighted by atomic mass is 10.1. The van der Waals surface area contributed by atoms with Crippen LogP contribution in [0.2, 0.25) is 10.0 Å². The molecule has 0 bridgehead atoms. The first kappa shape index (κ1) is 26.6. The van der Waals surface area contributed by atoms with Crippen molar-refractivity contribution in [1.29, 1.82) is 0 Å². The van der Waals surface area contributed by atoms with Crippen LogP contribution in [0.4, 0.5) is 10.5 Å². The van der Waals surface area contributed by atoms with E-state index in [1.807, 2.05) is 0 Å². The van der Waals surface area contributed by atoms with Gasteiger partial charge in [-0.2, -0.15) is 0 Å². The van der Waals surface area contributed by atoms with Crippen LogP contribution in [0.3, 0.4) is 0 Å². The van der Waals surface area contributed by atoms with Gasteiger partial charge in [0.1, 0.15) is 23.2 Å². The Morgan fingerprint density at radius 2 is 1.86 bits per heavy atom. The number of carbonyl (C=O) groups excluding carboxylic acids is 2. The monoisotopic (exact) mass is 535 g/mol. The highest BCUT2D eigenvalue weighted by Gasteiger charge is 2.25. The Bertz CT molecular complexity index is 1220. The van der Waals surface area contributed by atoms with Crippen molar-refractivity contribution in [3.63, 3.8) is 0 Å². The molecular weight excluding hydrogens is 513 g/mol. The number of H-pyrrole nitrogens is 1. The number of carbonyl (C=O) groups is 3. The van der Waals surface area contributed by atoms with Crippen LogP contribution in [-0.4, -0.2) is 45.6 Å². The van der Waals surface area contributed by atoms with E-state index in [0.717, 1.165) is 0 Å². The molecule has 0 saturated heterocycles. The van der Waals surface area contributed by atoms with E-state index in [1.54, 1.807) is 25.1 Å². The maximum atomic E-state index is 12.6. The molecule has 190 valence electrons. The number of para-hydroxylation sites is 1. The number of nitrogens with zero attached hydrogens (tertiary/aromatic N) is 1. The summed E-state index contributed by atoms with van der Waals surface area (Å²) in [6.07, 6.45) is 2.94. The van der Waals surface area contributed by atoms with Crippen LogP contribution in [0.1, 0.15) is 12.6 Å². The number of urea groups is 1. The number of carboxylic acid groups (broad SMARTS) is 1. The van der Waals surface area contributed by atoms with Crippen LogP contribution in [0.15, 0.2) is 48.9 Å². The topological polar surface area (TPSA) is 169 Å². The fraction of sp³-hybridized carbons (Fsp3) is 0.217. The van der Waals surface area contributed by atoms with Gasteiger partial charge in [-0.15, -0.1) is 0 Å². The number of nitrogens with two attached hydrogens (primary N) is 1. The summed E-state index contributed by atoms with van der Waals surface area (Å²) >= 11 is 12.0. The van der Waals surface area contributed by atoms with Gasteiger partial charge >= 0.3 is 12.0 Å². The number of rotatable bonds is 11.